The number of nitrogens with one attached hydrogen (secondary N) is 1. The molecule has 0 radical (unpaired) electrons. The molecule has 1 fully saturated rings. The first-order valence-corrected chi connectivity index (χ1v) is 8.87. The number of carbonyl (C=O) groups excluding carboxylic acids is 2. The summed E-state index contributed by atoms with van der Waals surface area (Å²) in [6, 6.07) is 1.09. The van der Waals surface area contributed by atoms with E-state index in [1.54, 1.807) is 6.92 Å². The first kappa shape index (κ1) is 16.5. The number of hydrogen-bond donors (Lipinski definition) is 1. The van der Waals surface area contributed by atoms with Gasteiger partial charge in [0, 0.05) is 18.8 Å². The molecule has 1 aromatic heterocycles. The standard InChI is InChI=1S/C13H19N3O5S/c1-3-16(10-5-7-22(19,20)8-10)12(17)9(2)21-13(18)11-4-6-14-15-11/h4,6,9-10H,3,5,7-8H2,1-2H3,(H,14,15). The van der Waals surface area contributed by atoms with Crippen molar-refractivity contribution in [3.05, 3.63) is 18.0 Å². The van der Waals surface area contributed by atoms with Gasteiger partial charge >= 0.3 is 5.97 Å². The molecule has 0 spiro atoms. The summed E-state index contributed by atoms with van der Waals surface area (Å²) < 4.78 is 28.2. The molecule has 122 valence electrons. The van der Waals surface area contributed by atoms with Crippen molar-refractivity contribution < 1.29 is 22.7 Å². The lowest BCUT2D eigenvalue weighted by Crippen LogP contribution is -2.46. The van der Waals surface area contributed by atoms with Gasteiger partial charge in [-0.2, -0.15) is 5.10 Å². The summed E-state index contributed by atoms with van der Waals surface area (Å²) in [5, 5.41) is 6.10. The molecule has 0 aliphatic carbocycles. The quantitative estimate of drug-likeness (QED) is 0.761. The van der Waals surface area contributed by atoms with Crippen molar-refractivity contribution in [3.8, 4) is 0 Å². The van der Waals surface area contributed by atoms with Crippen molar-refractivity contribution in [1.82, 2.24) is 15.1 Å². The number of aromatic nitrogens is 2. The lowest BCUT2D eigenvalue weighted by atomic mass is 10.2. The molecule has 8 nitrogen and oxygen atoms in total. The number of aromatic amines is 1. The molecule has 1 N–H and O–H groups in total. The number of ether oxygens (including phenoxy) is 1. The molecule has 1 aliphatic heterocycles. The summed E-state index contributed by atoms with van der Waals surface area (Å²) in [5.41, 5.74) is 0.158. The Morgan fingerprint density at radius 2 is 2.27 bits per heavy atom. The van der Waals surface area contributed by atoms with E-state index in [0.29, 0.717) is 13.0 Å². The Hall–Kier alpha value is -1.90. The summed E-state index contributed by atoms with van der Waals surface area (Å²) in [7, 11) is -3.08. The lowest BCUT2D eigenvalue weighted by molar-refractivity contribution is -0.141. The van der Waals surface area contributed by atoms with Gasteiger partial charge in [-0.3, -0.25) is 9.89 Å². The highest BCUT2D eigenvalue weighted by Crippen LogP contribution is 2.19. The van der Waals surface area contributed by atoms with Crippen LogP contribution in [0.2, 0.25) is 0 Å². The number of amides is 1. The highest BCUT2D eigenvalue weighted by molar-refractivity contribution is 7.91. The van der Waals surface area contributed by atoms with Crippen LogP contribution in [0.15, 0.2) is 12.3 Å². The van der Waals surface area contributed by atoms with E-state index < -0.39 is 27.8 Å². The average Bonchev–Trinajstić information content (AvgIpc) is 3.09. The minimum absolute atomic E-state index is 0.0339. The number of esters is 1. The maximum Gasteiger partial charge on any atom is 0.357 e. The second-order valence-corrected chi connectivity index (χ2v) is 7.43. The molecule has 1 aliphatic rings. The largest absolute Gasteiger partial charge is 0.448 e. The second-order valence-electron chi connectivity index (χ2n) is 5.20. The Morgan fingerprint density at radius 1 is 1.55 bits per heavy atom. The van der Waals surface area contributed by atoms with Gasteiger partial charge in [-0.25, -0.2) is 13.2 Å². The van der Waals surface area contributed by atoms with E-state index >= 15 is 0 Å². The fraction of sp³-hybridized carbons (Fsp3) is 0.615. The van der Waals surface area contributed by atoms with Crippen molar-refractivity contribution in [2.24, 2.45) is 0 Å². The van der Waals surface area contributed by atoms with E-state index in [1.165, 1.54) is 24.1 Å². The number of likely N-dealkylation sites (N-methyl/N-ethyl adjacent to an activating group) is 1. The Kier molecular flexibility index (Phi) is 4.84. The van der Waals surface area contributed by atoms with Crippen LogP contribution in [-0.4, -0.2) is 65.6 Å². The SMILES string of the molecule is CCN(C(=O)C(C)OC(=O)c1ccn[nH]1)C1CCS(=O)(=O)C1. The number of hydrogen-bond acceptors (Lipinski definition) is 6. The number of nitrogens with zero attached hydrogens (tertiary/aromatic N) is 2. The molecule has 2 heterocycles. The van der Waals surface area contributed by atoms with Gasteiger partial charge in [-0.1, -0.05) is 0 Å². The average molecular weight is 329 g/mol. The number of rotatable bonds is 5. The third kappa shape index (κ3) is 3.65. The van der Waals surface area contributed by atoms with Gasteiger partial charge in [0.25, 0.3) is 5.91 Å². The molecule has 0 bridgehead atoms. The summed E-state index contributed by atoms with van der Waals surface area (Å²) in [6.07, 6.45) is 0.840. The predicted octanol–water partition coefficient (Wildman–Crippen LogP) is -0.00940. The molecule has 9 heteroatoms. The van der Waals surface area contributed by atoms with Gasteiger partial charge in [0.05, 0.1) is 11.5 Å². The minimum atomic E-state index is -3.08. The topological polar surface area (TPSA) is 109 Å². The fourth-order valence-corrected chi connectivity index (χ4v) is 4.22. The first-order valence-electron chi connectivity index (χ1n) is 7.05. The lowest BCUT2D eigenvalue weighted by Gasteiger charge is -2.29. The Morgan fingerprint density at radius 3 is 2.77 bits per heavy atom. The summed E-state index contributed by atoms with van der Waals surface area (Å²) in [6.45, 7) is 3.61. The molecule has 1 amide bonds. The molecular formula is C13H19N3O5S. The third-order valence-electron chi connectivity index (χ3n) is 3.63. The van der Waals surface area contributed by atoms with Crippen LogP contribution in [0.4, 0.5) is 0 Å². The molecule has 1 saturated heterocycles. The summed E-state index contributed by atoms with van der Waals surface area (Å²) in [5.74, 6) is -1.01. The van der Waals surface area contributed by atoms with E-state index in [2.05, 4.69) is 10.2 Å². The van der Waals surface area contributed by atoms with Crippen LogP contribution >= 0.6 is 0 Å². The zero-order valence-corrected chi connectivity index (χ0v) is 13.3. The van der Waals surface area contributed by atoms with Gasteiger partial charge in [0.15, 0.2) is 15.9 Å². The molecule has 22 heavy (non-hydrogen) atoms. The van der Waals surface area contributed by atoms with Crippen LogP contribution in [0.3, 0.4) is 0 Å². The van der Waals surface area contributed by atoms with Gasteiger partial charge in [0.2, 0.25) is 0 Å². The molecule has 0 aromatic carbocycles. The van der Waals surface area contributed by atoms with Crippen LogP contribution in [0, 0.1) is 0 Å². The van der Waals surface area contributed by atoms with Gasteiger partial charge < -0.3 is 9.64 Å². The molecule has 2 rings (SSSR count). The highest BCUT2D eigenvalue weighted by atomic mass is 32.2. The Labute approximate surface area is 128 Å². The van der Waals surface area contributed by atoms with E-state index in [0.717, 1.165) is 0 Å². The second kappa shape index (κ2) is 6.47. The summed E-state index contributed by atoms with van der Waals surface area (Å²) in [4.78, 5) is 25.7. The van der Waals surface area contributed by atoms with Crippen LogP contribution in [0.5, 0.6) is 0 Å². The minimum Gasteiger partial charge on any atom is -0.448 e. The maximum atomic E-state index is 12.4. The summed E-state index contributed by atoms with van der Waals surface area (Å²) >= 11 is 0. The highest BCUT2D eigenvalue weighted by Gasteiger charge is 2.36. The van der Waals surface area contributed by atoms with Crippen molar-refractivity contribution in [3.63, 3.8) is 0 Å². The number of H-pyrrole nitrogens is 1. The van der Waals surface area contributed by atoms with Crippen molar-refractivity contribution in [2.45, 2.75) is 32.4 Å². The number of carbonyl (C=O) groups is 2. The molecule has 1 aromatic rings. The predicted molar refractivity (Wildman–Crippen MR) is 77.9 cm³/mol. The van der Waals surface area contributed by atoms with Crippen LogP contribution in [-0.2, 0) is 19.4 Å². The smallest absolute Gasteiger partial charge is 0.357 e. The van der Waals surface area contributed by atoms with E-state index in [4.69, 9.17) is 4.74 Å². The van der Waals surface area contributed by atoms with E-state index in [1.807, 2.05) is 0 Å². The monoisotopic (exact) mass is 329 g/mol. The van der Waals surface area contributed by atoms with Crippen LogP contribution < -0.4 is 0 Å². The molecular weight excluding hydrogens is 310 g/mol. The zero-order chi connectivity index (χ0) is 16.3. The normalized spacial score (nSPS) is 21.3. The van der Waals surface area contributed by atoms with Crippen molar-refractivity contribution >= 4 is 21.7 Å². The Balaban J connectivity index is 2.00. The molecule has 2 unspecified atom stereocenters. The third-order valence-corrected chi connectivity index (χ3v) is 5.38. The van der Waals surface area contributed by atoms with Crippen molar-refractivity contribution in [1.29, 1.82) is 0 Å². The maximum absolute atomic E-state index is 12.4. The Bertz CT molecular complexity index is 641. The van der Waals surface area contributed by atoms with Crippen molar-refractivity contribution in [2.75, 3.05) is 18.1 Å². The molecule has 2 atom stereocenters. The van der Waals surface area contributed by atoms with E-state index in [-0.39, 0.29) is 23.2 Å². The van der Waals surface area contributed by atoms with Crippen LogP contribution in [0.1, 0.15) is 30.8 Å². The molecule has 0 saturated carbocycles. The van der Waals surface area contributed by atoms with Gasteiger partial charge in [-0.15, -0.1) is 0 Å². The zero-order valence-electron chi connectivity index (χ0n) is 12.5. The van der Waals surface area contributed by atoms with E-state index in [9.17, 15) is 18.0 Å². The van der Waals surface area contributed by atoms with Gasteiger partial charge in [0.1, 0.15) is 5.69 Å². The van der Waals surface area contributed by atoms with Gasteiger partial charge in [-0.05, 0) is 26.3 Å². The van der Waals surface area contributed by atoms with Crippen LogP contribution in [0.25, 0.3) is 0 Å². The first-order chi connectivity index (χ1) is 10.3. The number of sulfone groups is 1. The fourth-order valence-electron chi connectivity index (χ4n) is 2.49.